The van der Waals surface area contributed by atoms with Crippen LogP contribution in [-0.4, -0.2) is 4.99 Å². The van der Waals surface area contributed by atoms with Crippen LogP contribution in [-0.2, 0) is 0 Å². The Morgan fingerprint density at radius 1 is 1.16 bits per heavy atom. The van der Waals surface area contributed by atoms with Gasteiger partial charge < -0.3 is 11.1 Å². The number of thiocarbonyl (C=S) groups is 1. The molecule has 0 radical (unpaired) electrons. The van der Waals surface area contributed by atoms with Crippen LogP contribution < -0.4 is 11.1 Å². The molecule has 0 amide bonds. The van der Waals surface area contributed by atoms with Gasteiger partial charge in [-0.15, -0.1) is 0 Å². The van der Waals surface area contributed by atoms with Gasteiger partial charge >= 0.3 is 0 Å². The third-order valence-corrected chi connectivity index (χ3v) is 4.00. The van der Waals surface area contributed by atoms with Crippen LogP contribution in [0.3, 0.4) is 0 Å². The zero-order valence-electron chi connectivity index (χ0n) is 9.58. The Morgan fingerprint density at radius 2 is 1.89 bits per heavy atom. The number of rotatable bonds is 3. The lowest BCUT2D eigenvalue weighted by Crippen LogP contribution is -2.12. The Bertz CT molecular complexity index is 647. The topological polar surface area (TPSA) is 38.0 Å². The smallest absolute Gasteiger partial charge is 0.106 e. The molecule has 98 valence electrons. The van der Waals surface area contributed by atoms with Gasteiger partial charge in [0.25, 0.3) is 0 Å². The normalized spacial score (nSPS) is 10.3. The number of nitrogens with one attached hydrogen (secondary N) is 1. The van der Waals surface area contributed by atoms with Crippen molar-refractivity contribution < 1.29 is 0 Å². The maximum atomic E-state index is 6.14. The number of nitrogens with two attached hydrogens (primary N) is 1. The van der Waals surface area contributed by atoms with Crippen molar-refractivity contribution in [1.29, 1.82) is 0 Å². The largest absolute Gasteiger partial charge is 0.389 e. The lowest BCUT2D eigenvalue weighted by atomic mass is 10.1. The Labute approximate surface area is 135 Å². The summed E-state index contributed by atoms with van der Waals surface area (Å²) in [5.41, 5.74) is 7.92. The molecular formula is C13H9BrCl2N2S. The van der Waals surface area contributed by atoms with Gasteiger partial charge in [-0.25, -0.2) is 0 Å². The Balaban J connectivity index is 2.45. The quantitative estimate of drug-likeness (QED) is 0.730. The van der Waals surface area contributed by atoms with E-state index in [1.54, 1.807) is 6.07 Å². The molecule has 0 aromatic heterocycles. The monoisotopic (exact) mass is 374 g/mol. The standard InChI is InChI=1S/C13H9BrCl2N2S/c14-7-4-5-8(13(17)19)11(6-7)18-10-3-1-2-9(15)12(10)16/h1-6,18H,(H2,17,19). The van der Waals surface area contributed by atoms with E-state index in [9.17, 15) is 0 Å². The Hall–Kier alpha value is -0.810. The first-order valence-corrected chi connectivity index (χ1v) is 7.25. The highest BCUT2D eigenvalue weighted by atomic mass is 79.9. The highest BCUT2D eigenvalue weighted by Crippen LogP contribution is 2.33. The zero-order valence-corrected chi connectivity index (χ0v) is 13.5. The van der Waals surface area contributed by atoms with Crippen LogP contribution in [0.4, 0.5) is 11.4 Å². The highest BCUT2D eigenvalue weighted by Gasteiger charge is 2.09. The van der Waals surface area contributed by atoms with Crippen LogP contribution in [0.2, 0.25) is 10.0 Å². The summed E-state index contributed by atoms with van der Waals surface area (Å²) < 4.78 is 0.910. The van der Waals surface area contributed by atoms with Gasteiger partial charge in [0.2, 0.25) is 0 Å². The van der Waals surface area contributed by atoms with Crippen LogP contribution in [0.5, 0.6) is 0 Å². The molecule has 0 aliphatic rings. The zero-order chi connectivity index (χ0) is 14.0. The first-order chi connectivity index (χ1) is 8.99. The van der Waals surface area contributed by atoms with E-state index in [1.807, 2.05) is 30.3 Å². The molecule has 0 bridgehead atoms. The van der Waals surface area contributed by atoms with E-state index in [-0.39, 0.29) is 0 Å². The molecule has 2 rings (SSSR count). The predicted molar refractivity (Wildman–Crippen MR) is 89.8 cm³/mol. The molecular weight excluding hydrogens is 367 g/mol. The second-order valence-electron chi connectivity index (χ2n) is 3.78. The Morgan fingerprint density at radius 3 is 2.58 bits per heavy atom. The van der Waals surface area contributed by atoms with Gasteiger partial charge in [-0.2, -0.15) is 0 Å². The van der Waals surface area contributed by atoms with E-state index in [4.69, 9.17) is 41.2 Å². The van der Waals surface area contributed by atoms with E-state index in [0.29, 0.717) is 20.7 Å². The second-order valence-corrected chi connectivity index (χ2v) is 5.92. The van der Waals surface area contributed by atoms with Gasteiger partial charge in [0.05, 0.1) is 15.7 Å². The molecule has 0 aliphatic heterocycles. The van der Waals surface area contributed by atoms with Crippen molar-refractivity contribution >= 4 is 67.7 Å². The molecule has 6 heteroatoms. The summed E-state index contributed by atoms with van der Waals surface area (Å²) in [4.78, 5) is 0.313. The van der Waals surface area contributed by atoms with Crippen molar-refractivity contribution in [3.8, 4) is 0 Å². The number of hydrogen-bond donors (Lipinski definition) is 2. The third kappa shape index (κ3) is 3.39. The molecule has 0 aliphatic carbocycles. The summed E-state index contributed by atoms with van der Waals surface area (Å²) in [5, 5.41) is 4.13. The molecule has 0 atom stereocenters. The maximum absolute atomic E-state index is 6.14. The summed E-state index contributed by atoms with van der Waals surface area (Å²) in [6, 6.07) is 11.0. The van der Waals surface area contributed by atoms with Crippen LogP contribution in [0.1, 0.15) is 5.56 Å². The predicted octanol–water partition coefficient (Wildman–Crippen LogP) is 5.13. The van der Waals surface area contributed by atoms with Gasteiger partial charge in [-0.1, -0.05) is 57.4 Å². The summed E-state index contributed by atoms with van der Waals surface area (Å²) >= 11 is 20.6. The molecule has 0 saturated heterocycles. The maximum Gasteiger partial charge on any atom is 0.106 e. The minimum Gasteiger partial charge on any atom is -0.389 e. The fourth-order valence-corrected chi connectivity index (χ4v) is 2.47. The molecule has 2 aromatic carbocycles. The number of hydrogen-bond acceptors (Lipinski definition) is 2. The van der Waals surface area contributed by atoms with Crippen molar-refractivity contribution in [2.45, 2.75) is 0 Å². The van der Waals surface area contributed by atoms with Crippen LogP contribution in [0, 0.1) is 0 Å². The van der Waals surface area contributed by atoms with E-state index >= 15 is 0 Å². The SMILES string of the molecule is NC(=S)c1ccc(Br)cc1Nc1cccc(Cl)c1Cl. The van der Waals surface area contributed by atoms with E-state index in [1.165, 1.54) is 0 Å². The molecule has 0 spiro atoms. The molecule has 2 aromatic rings. The van der Waals surface area contributed by atoms with Crippen LogP contribution in [0.15, 0.2) is 40.9 Å². The summed E-state index contributed by atoms with van der Waals surface area (Å²) in [6.45, 7) is 0. The van der Waals surface area contributed by atoms with Crippen molar-refractivity contribution in [3.05, 3.63) is 56.5 Å². The van der Waals surface area contributed by atoms with Gasteiger partial charge in [-0.05, 0) is 30.3 Å². The van der Waals surface area contributed by atoms with E-state index < -0.39 is 0 Å². The first-order valence-electron chi connectivity index (χ1n) is 5.29. The van der Waals surface area contributed by atoms with Crippen LogP contribution in [0.25, 0.3) is 0 Å². The number of anilines is 2. The molecule has 2 nitrogen and oxygen atoms in total. The van der Waals surface area contributed by atoms with Crippen molar-refractivity contribution in [1.82, 2.24) is 0 Å². The van der Waals surface area contributed by atoms with Gasteiger partial charge in [-0.3, -0.25) is 0 Å². The average molecular weight is 376 g/mol. The lowest BCUT2D eigenvalue weighted by Gasteiger charge is -2.13. The second kappa shape index (κ2) is 6.09. The Kier molecular flexibility index (Phi) is 4.68. The van der Waals surface area contributed by atoms with E-state index in [2.05, 4.69) is 21.2 Å². The summed E-state index contributed by atoms with van der Waals surface area (Å²) in [7, 11) is 0. The lowest BCUT2D eigenvalue weighted by molar-refractivity contribution is 1.50. The van der Waals surface area contributed by atoms with Gasteiger partial charge in [0.1, 0.15) is 4.99 Å². The van der Waals surface area contributed by atoms with E-state index in [0.717, 1.165) is 15.7 Å². The van der Waals surface area contributed by atoms with Gasteiger partial charge in [0.15, 0.2) is 0 Å². The first kappa shape index (κ1) is 14.6. The third-order valence-electron chi connectivity index (χ3n) is 2.47. The molecule has 19 heavy (non-hydrogen) atoms. The van der Waals surface area contributed by atoms with Crippen molar-refractivity contribution in [2.75, 3.05) is 5.32 Å². The molecule has 3 N–H and O–H groups in total. The van der Waals surface area contributed by atoms with Crippen molar-refractivity contribution in [2.24, 2.45) is 5.73 Å². The fraction of sp³-hybridized carbons (Fsp3) is 0. The highest BCUT2D eigenvalue weighted by molar-refractivity contribution is 9.10. The number of halogens is 3. The minimum absolute atomic E-state index is 0.313. The molecule has 0 saturated carbocycles. The molecule has 0 unspecified atom stereocenters. The summed E-state index contributed by atoms with van der Waals surface area (Å²) in [6.07, 6.45) is 0. The molecule has 0 fully saturated rings. The van der Waals surface area contributed by atoms with Crippen LogP contribution >= 0.6 is 51.3 Å². The average Bonchev–Trinajstić information content (AvgIpc) is 2.35. The molecule has 0 heterocycles. The fourth-order valence-electron chi connectivity index (χ4n) is 1.58. The van der Waals surface area contributed by atoms with Crippen molar-refractivity contribution in [3.63, 3.8) is 0 Å². The number of benzene rings is 2. The minimum atomic E-state index is 0.313. The van der Waals surface area contributed by atoms with Gasteiger partial charge in [0, 0.05) is 15.7 Å². The summed E-state index contributed by atoms with van der Waals surface area (Å²) in [5.74, 6) is 0.